The SMILES string of the molecule is CCOc1ccc2c(c1)O[C@](c1ccccc1)(C(F)(F)F)N=C2Nc1ccc(C)cc1. The van der Waals surface area contributed by atoms with Crippen molar-refractivity contribution in [2.24, 2.45) is 4.99 Å². The predicted molar refractivity (Wildman–Crippen MR) is 114 cm³/mol. The number of hydrogen-bond acceptors (Lipinski definition) is 4. The van der Waals surface area contributed by atoms with Gasteiger partial charge < -0.3 is 14.8 Å². The highest BCUT2D eigenvalue weighted by molar-refractivity contribution is 6.11. The Balaban J connectivity index is 1.90. The van der Waals surface area contributed by atoms with Crippen molar-refractivity contribution in [2.45, 2.75) is 25.7 Å². The smallest absolute Gasteiger partial charge is 0.455 e. The highest BCUT2D eigenvalue weighted by Gasteiger charge is 2.61. The lowest BCUT2D eigenvalue weighted by Crippen LogP contribution is -2.49. The molecular weight excluding hydrogens is 405 g/mol. The quantitative estimate of drug-likeness (QED) is 0.551. The average Bonchev–Trinajstić information content (AvgIpc) is 2.75. The molecule has 3 aromatic rings. The summed E-state index contributed by atoms with van der Waals surface area (Å²) >= 11 is 0. The van der Waals surface area contributed by atoms with Crippen LogP contribution in [-0.4, -0.2) is 18.6 Å². The van der Waals surface area contributed by atoms with Crippen LogP contribution in [0.3, 0.4) is 0 Å². The van der Waals surface area contributed by atoms with Gasteiger partial charge in [-0.15, -0.1) is 0 Å². The normalized spacial score (nSPS) is 17.9. The summed E-state index contributed by atoms with van der Waals surface area (Å²) in [6, 6.07) is 19.5. The highest BCUT2D eigenvalue weighted by atomic mass is 19.4. The molecule has 1 N–H and O–H groups in total. The van der Waals surface area contributed by atoms with Crippen molar-refractivity contribution >= 4 is 11.5 Å². The van der Waals surface area contributed by atoms with Crippen LogP contribution in [0.5, 0.6) is 11.5 Å². The average molecular weight is 426 g/mol. The Bertz CT molecular complexity index is 1100. The van der Waals surface area contributed by atoms with Crippen molar-refractivity contribution in [1.29, 1.82) is 0 Å². The molecule has 3 aromatic carbocycles. The van der Waals surface area contributed by atoms with Gasteiger partial charge >= 0.3 is 11.9 Å². The standard InChI is InChI=1S/C24H21F3N2O2/c1-3-30-19-13-14-20-21(15-19)31-23(24(25,26)27,17-7-5-4-6-8-17)29-22(20)28-18-11-9-16(2)10-12-18/h4-15H,3H2,1-2H3,(H,28,29)/t23-/m1/s1. The van der Waals surface area contributed by atoms with Gasteiger partial charge in [0, 0.05) is 17.3 Å². The summed E-state index contributed by atoms with van der Waals surface area (Å²) in [5.74, 6) is 0.521. The molecule has 4 rings (SSSR count). The Morgan fingerprint density at radius 3 is 2.35 bits per heavy atom. The van der Waals surface area contributed by atoms with E-state index in [-0.39, 0.29) is 17.1 Å². The third-order valence-electron chi connectivity index (χ3n) is 4.91. The second-order valence-corrected chi connectivity index (χ2v) is 7.15. The van der Waals surface area contributed by atoms with Crippen LogP contribution >= 0.6 is 0 Å². The Labute approximate surface area is 178 Å². The van der Waals surface area contributed by atoms with Gasteiger partial charge in [-0.3, -0.25) is 0 Å². The maximum Gasteiger partial charge on any atom is 0.455 e. The van der Waals surface area contributed by atoms with Crippen molar-refractivity contribution < 1.29 is 22.6 Å². The number of benzene rings is 3. The van der Waals surface area contributed by atoms with Crippen LogP contribution in [-0.2, 0) is 5.72 Å². The van der Waals surface area contributed by atoms with E-state index in [0.29, 0.717) is 23.6 Å². The molecule has 0 radical (unpaired) electrons. The molecule has 0 aromatic heterocycles. The van der Waals surface area contributed by atoms with Crippen molar-refractivity contribution in [2.75, 3.05) is 11.9 Å². The largest absolute Gasteiger partial charge is 0.494 e. The molecule has 1 aliphatic rings. The number of anilines is 1. The number of nitrogens with one attached hydrogen (secondary N) is 1. The topological polar surface area (TPSA) is 42.9 Å². The number of rotatable bonds is 4. The number of aliphatic imine (C=N–C) groups is 1. The Morgan fingerprint density at radius 2 is 1.71 bits per heavy atom. The monoisotopic (exact) mass is 426 g/mol. The first-order chi connectivity index (χ1) is 14.8. The fourth-order valence-corrected chi connectivity index (χ4v) is 3.38. The first kappa shape index (κ1) is 20.8. The van der Waals surface area contributed by atoms with E-state index in [0.717, 1.165) is 5.56 Å². The molecule has 1 atom stereocenters. The van der Waals surface area contributed by atoms with Crippen LogP contribution in [0.25, 0.3) is 0 Å². The Hall–Kier alpha value is -3.48. The Kier molecular flexibility index (Phi) is 5.35. The summed E-state index contributed by atoms with van der Waals surface area (Å²) in [5, 5.41) is 3.04. The molecule has 0 saturated heterocycles. The molecule has 160 valence electrons. The van der Waals surface area contributed by atoms with Gasteiger partial charge in [-0.2, -0.15) is 13.2 Å². The van der Waals surface area contributed by atoms with Crippen LogP contribution in [0.15, 0.2) is 77.8 Å². The Morgan fingerprint density at radius 1 is 1.00 bits per heavy atom. The van der Waals surface area contributed by atoms with Gasteiger partial charge in [0.2, 0.25) is 0 Å². The van der Waals surface area contributed by atoms with E-state index in [1.54, 1.807) is 37.3 Å². The highest BCUT2D eigenvalue weighted by Crippen LogP contribution is 2.48. The lowest BCUT2D eigenvalue weighted by atomic mass is 9.99. The van der Waals surface area contributed by atoms with E-state index in [4.69, 9.17) is 9.47 Å². The summed E-state index contributed by atoms with van der Waals surface area (Å²) < 4.78 is 54.6. The van der Waals surface area contributed by atoms with Gasteiger partial charge in [0.25, 0.3) is 0 Å². The first-order valence-corrected chi connectivity index (χ1v) is 9.84. The summed E-state index contributed by atoms with van der Waals surface area (Å²) in [5.41, 5.74) is -0.928. The predicted octanol–water partition coefficient (Wildman–Crippen LogP) is 6.06. The van der Waals surface area contributed by atoms with E-state index in [1.165, 1.54) is 30.3 Å². The van der Waals surface area contributed by atoms with Gasteiger partial charge in [0.1, 0.15) is 17.3 Å². The molecule has 0 spiro atoms. The van der Waals surface area contributed by atoms with Crippen molar-refractivity contribution in [3.8, 4) is 11.5 Å². The number of amidine groups is 1. The van der Waals surface area contributed by atoms with Gasteiger partial charge in [0.15, 0.2) is 0 Å². The number of nitrogens with zero attached hydrogens (tertiary/aromatic N) is 1. The van der Waals surface area contributed by atoms with Crippen LogP contribution in [0.2, 0.25) is 0 Å². The minimum absolute atomic E-state index is 0.0386. The number of hydrogen-bond donors (Lipinski definition) is 1. The minimum Gasteiger partial charge on any atom is -0.494 e. The number of ether oxygens (including phenoxy) is 2. The maximum atomic E-state index is 14.5. The third kappa shape index (κ3) is 3.95. The number of alkyl halides is 3. The molecule has 0 aliphatic carbocycles. The third-order valence-corrected chi connectivity index (χ3v) is 4.91. The first-order valence-electron chi connectivity index (χ1n) is 9.84. The fourth-order valence-electron chi connectivity index (χ4n) is 3.38. The zero-order chi connectivity index (χ0) is 22.1. The van der Waals surface area contributed by atoms with Crippen LogP contribution < -0.4 is 14.8 Å². The summed E-state index contributed by atoms with van der Waals surface area (Å²) in [7, 11) is 0. The zero-order valence-electron chi connectivity index (χ0n) is 17.0. The van der Waals surface area contributed by atoms with Crippen molar-refractivity contribution in [3.63, 3.8) is 0 Å². The maximum absolute atomic E-state index is 14.5. The van der Waals surface area contributed by atoms with Crippen LogP contribution in [0.1, 0.15) is 23.6 Å². The van der Waals surface area contributed by atoms with Gasteiger partial charge in [-0.25, -0.2) is 4.99 Å². The van der Waals surface area contributed by atoms with E-state index in [9.17, 15) is 13.2 Å². The minimum atomic E-state index is -4.81. The molecule has 0 fully saturated rings. The summed E-state index contributed by atoms with van der Waals surface area (Å²) in [6.45, 7) is 4.12. The van der Waals surface area contributed by atoms with Crippen LogP contribution in [0, 0.1) is 6.92 Å². The molecule has 7 heteroatoms. The molecule has 31 heavy (non-hydrogen) atoms. The van der Waals surface area contributed by atoms with Crippen LogP contribution in [0.4, 0.5) is 18.9 Å². The van der Waals surface area contributed by atoms with Gasteiger partial charge in [0.05, 0.1) is 12.2 Å². The number of fused-ring (bicyclic) bond motifs is 1. The lowest BCUT2D eigenvalue weighted by molar-refractivity contribution is -0.252. The molecule has 0 saturated carbocycles. The number of halogens is 3. The molecule has 0 amide bonds. The zero-order valence-corrected chi connectivity index (χ0v) is 17.0. The van der Waals surface area contributed by atoms with E-state index >= 15 is 0 Å². The van der Waals surface area contributed by atoms with E-state index < -0.39 is 11.9 Å². The van der Waals surface area contributed by atoms with Crippen molar-refractivity contribution in [1.82, 2.24) is 0 Å². The van der Waals surface area contributed by atoms with Gasteiger partial charge in [-0.1, -0.05) is 48.0 Å². The number of aryl methyl sites for hydroxylation is 1. The lowest BCUT2D eigenvalue weighted by Gasteiger charge is -2.37. The molecule has 0 unspecified atom stereocenters. The molecule has 4 nitrogen and oxygen atoms in total. The summed E-state index contributed by atoms with van der Waals surface area (Å²) in [6.07, 6.45) is -4.81. The molecular formula is C24H21F3N2O2. The summed E-state index contributed by atoms with van der Waals surface area (Å²) in [4.78, 5) is 4.11. The molecule has 0 bridgehead atoms. The molecule has 1 aliphatic heterocycles. The van der Waals surface area contributed by atoms with Gasteiger partial charge in [-0.05, 0) is 38.1 Å². The molecule has 1 heterocycles. The van der Waals surface area contributed by atoms with Crippen molar-refractivity contribution in [3.05, 3.63) is 89.5 Å². The second-order valence-electron chi connectivity index (χ2n) is 7.15. The van der Waals surface area contributed by atoms with E-state index in [1.807, 2.05) is 19.1 Å². The fraction of sp³-hybridized carbons (Fsp3) is 0.208. The second kappa shape index (κ2) is 7.98. The van der Waals surface area contributed by atoms with E-state index in [2.05, 4.69) is 10.3 Å².